The molecule has 3 nitrogen and oxygen atoms in total. The van der Waals surface area contributed by atoms with Gasteiger partial charge in [-0.1, -0.05) is 45.8 Å². The van der Waals surface area contributed by atoms with Gasteiger partial charge in [-0.3, -0.25) is 0 Å². The van der Waals surface area contributed by atoms with Crippen molar-refractivity contribution in [1.82, 2.24) is 0 Å². The van der Waals surface area contributed by atoms with E-state index in [1.807, 2.05) is 12.1 Å². The summed E-state index contributed by atoms with van der Waals surface area (Å²) in [6.07, 6.45) is 4.14. The van der Waals surface area contributed by atoms with Crippen LogP contribution in [0.15, 0.2) is 24.7 Å². The molecule has 1 heterocycles. The fourth-order valence-electron chi connectivity index (χ4n) is 2.43. The molecule has 1 aliphatic rings. The van der Waals surface area contributed by atoms with E-state index in [1.54, 1.807) is 0 Å². The molecule has 0 aromatic carbocycles. The molecule has 0 aromatic heterocycles. The maximum Gasteiger partial charge on any atom is 0.486 e. The van der Waals surface area contributed by atoms with Crippen LogP contribution in [0.25, 0.3) is 0 Å². The first kappa shape index (κ1) is 17.7. The van der Waals surface area contributed by atoms with E-state index >= 15 is 0 Å². The van der Waals surface area contributed by atoms with Gasteiger partial charge in [0.1, 0.15) is 0 Å². The molecular weight excluding hydrogens is 267 g/mol. The van der Waals surface area contributed by atoms with Gasteiger partial charge < -0.3 is 13.7 Å². The average Bonchev–Trinajstić information content (AvgIpc) is 3.01. The van der Waals surface area contributed by atoms with Crippen LogP contribution in [0, 0.1) is 5.92 Å². The third-order valence-electron chi connectivity index (χ3n) is 4.31. The summed E-state index contributed by atoms with van der Waals surface area (Å²) in [4.78, 5) is 0. The minimum Gasteiger partial charge on any atom is -0.410 e. The molecule has 0 radical (unpaired) electrons. The molecule has 0 amide bonds. The summed E-state index contributed by atoms with van der Waals surface area (Å²) in [5.41, 5.74) is 0. The molecule has 1 saturated heterocycles. The minimum atomic E-state index is -1.62. The molecular formula is C15H29BO3Si. The van der Waals surface area contributed by atoms with Crippen LogP contribution < -0.4 is 0 Å². The molecule has 0 spiro atoms. The highest BCUT2D eigenvalue weighted by atomic mass is 28.4. The van der Waals surface area contributed by atoms with Crippen molar-refractivity contribution in [1.29, 1.82) is 0 Å². The quantitative estimate of drug-likeness (QED) is 0.478. The lowest BCUT2D eigenvalue weighted by molar-refractivity contribution is 0.196. The van der Waals surface area contributed by atoms with Crippen molar-refractivity contribution in [2.24, 2.45) is 5.92 Å². The van der Waals surface area contributed by atoms with Crippen molar-refractivity contribution in [3.05, 3.63) is 24.7 Å². The Labute approximate surface area is 125 Å². The normalized spacial score (nSPS) is 19.5. The molecule has 0 aliphatic carbocycles. The molecule has 0 aromatic rings. The van der Waals surface area contributed by atoms with Gasteiger partial charge in [0.05, 0.1) is 19.3 Å². The van der Waals surface area contributed by atoms with E-state index in [-0.39, 0.29) is 13.2 Å². The summed E-state index contributed by atoms with van der Waals surface area (Å²) in [7, 11) is -1.83. The van der Waals surface area contributed by atoms with Gasteiger partial charge in [0.25, 0.3) is 0 Å². The first-order valence-electron chi connectivity index (χ1n) is 7.82. The summed E-state index contributed by atoms with van der Waals surface area (Å²) in [6.45, 7) is 14.2. The highest BCUT2D eigenvalue weighted by Gasteiger charge is 2.33. The molecule has 5 heteroatoms. The van der Waals surface area contributed by atoms with Gasteiger partial charge >= 0.3 is 7.12 Å². The van der Waals surface area contributed by atoms with Gasteiger partial charge in [-0.2, -0.15) is 0 Å². The summed E-state index contributed by atoms with van der Waals surface area (Å²) < 4.78 is 17.5. The van der Waals surface area contributed by atoms with Crippen molar-refractivity contribution < 1.29 is 13.7 Å². The van der Waals surface area contributed by atoms with Crippen LogP contribution >= 0.6 is 0 Å². The van der Waals surface area contributed by atoms with Crippen molar-refractivity contribution in [2.75, 3.05) is 13.2 Å². The van der Waals surface area contributed by atoms with E-state index in [0.717, 1.165) is 18.1 Å². The lowest BCUT2D eigenvalue weighted by Crippen LogP contribution is -2.41. The standard InChI is InChI=1S/C15H29BO3Si/c1-6-14(5)15(10-11-16-17-12-13-18-16)19-20(7-2,8-3)9-4/h6,10-11,14-15H,1,7-9,12-13H2,2-5H3/b11-10+/t14-,15+/m1/s1. The lowest BCUT2D eigenvalue weighted by Gasteiger charge is -2.34. The monoisotopic (exact) mass is 296 g/mol. The topological polar surface area (TPSA) is 27.7 Å². The lowest BCUT2D eigenvalue weighted by atomic mass is 9.88. The molecule has 20 heavy (non-hydrogen) atoms. The van der Waals surface area contributed by atoms with Crippen LogP contribution in [0.4, 0.5) is 0 Å². The van der Waals surface area contributed by atoms with Crippen molar-refractivity contribution in [2.45, 2.75) is 51.9 Å². The average molecular weight is 296 g/mol. The Kier molecular flexibility index (Phi) is 7.81. The van der Waals surface area contributed by atoms with Crippen LogP contribution in [-0.2, 0) is 13.7 Å². The zero-order chi connectivity index (χ0) is 15.0. The van der Waals surface area contributed by atoms with Crippen LogP contribution in [0.1, 0.15) is 27.7 Å². The van der Waals surface area contributed by atoms with Crippen LogP contribution in [0.2, 0.25) is 18.1 Å². The third-order valence-corrected chi connectivity index (χ3v) is 8.95. The van der Waals surface area contributed by atoms with Gasteiger partial charge in [-0.15, -0.1) is 6.58 Å². The first-order chi connectivity index (χ1) is 9.60. The predicted molar refractivity (Wildman–Crippen MR) is 88.2 cm³/mol. The van der Waals surface area contributed by atoms with E-state index in [2.05, 4.69) is 40.3 Å². The summed E-state index contributed by atoms with van der Waals surface area (Å²) in [5, 5.41) is 0. The summed E-state index contributed by atoms with van der Waals surface area (Å²) in [5.74, 6) is 2.28. The van der Waals surface area contributed by atoms with Crippen molar-refractivity contribution >= 4 is 15.4 Å². The first-order valence-corrected chi connectivity index (χ1v) is 10.4. The second-order valence-electron chi connectivity index (χ2n) is 5.42. The maximum atomic E-state index is 6.57. The largest absolute Gasteiger partial charge is 0.486 e. The van der Waals surface area contributed by atoms with Gasteiger partial charge in [0.15, 0.2) is 8.32 Å². The number of hydrogen-bond acceptors (Lipinski definition) is 3. The second kappa shape index (κ2) is 8.82. The van der Waals surface area contributed by atoms with Crippen LogP contribution in [0.5, 0.6) is 0 Å². The van der Waals surface area contributed by atoms with E-state index in [1.165, 1.54) is 0 Å². The number of hydrogen-bond donors (Lipinski definition) is 0. The van der Waals surface area contributed by atoms with E-state index in [4.69, 9.17) is 13.7 Å². The zero-order valence-corrected chi connectivity index (χ0v) is 14.4. The SMILES string of the molecule is C=C[C@@H](C)[C@H](/C=C/B1OCCO1)O[Si](CC)(CC)CC. The summed E-state index contributed by atoms with van der Waals surface area (Å²) >= 11 is 0. The fraction of sp³-hybridized carbons (Fsp3) is 0.733. The third kappa shape index (κ3) is 4.88. The molecule has 0 bridgehead atoms. The number of rotatable bonds is 9. The molecule has 1 fully saturated rings. The Morgan fingerprint density at radius 3 is 2.20 bits per heavy atom. The van der Waals surface area contributed by atoms with E-state index < -0.39 is 8.32 Å². The molecule has 0 unspecified atom stereocenters. The highest BCUT2D eigenvalue weighted by molar-refractivity contribution is 6.73. The zero-order valence-electron chi connectivity index (χ0n) is 13.4. The smallest absolute Gasteiger partial charge is 0.410 e. The Hall–Kier alpha value is -0.358. The Balaban J connectivity index is 2.74. The van der Waals surface area contributed by atoms with E-state index in [9.17, 15) is 0 Å². The minimum absolute atomic E-state index is 0.0758. The Morgan fingerprint density at radius 2 is 1.75 bits per heavy atom. The maximum absolute atomic E-state index is 6.57. The second-order valence-corrected chi connectivity index (χ2v) is 10.1. The summed E-state index contributed by atoms with van der Waals surface area (Å²) in [6, 6.07) is 3.47. The van der Waals surface area contributed by atoms with Crippen molar-refractivity contribution in [3.63, 3.8) is 0 Å². The predicted octanol–water partition coefficient (Wildman–Crippen LogP) is 3.83. The van der Waals surface area contributed by atoms with E-state index in [0.29, 0.717) is 19.1 Å². The van der Waals surface area contributed by atoms with Crippen LogP contribution in [0.3, 0.4) is 0 Å². The molecule has 1 rings (SSSR count). The van der Waals surface area contributed by atoms with Gasteiger partial charge in [0, 0.05) is 5.92 Å². The van der Waals surface area contributed by atoms with Gasteiger partial charge in [-0.25, -0.2) is 0 Å². The molecule has 2 atom stereocenters. The van der Waals surface area contributed by atoms with Crippen molar-refractivity contribution in [3.8, 4) is 0 Å². The van der Waals surface area contributed by atoms with Gasteiger partial charge in [-0.05, 0) is 18.1 Å². The molecule has 0 saturated carbocycles. The highest BCUT2D eigenvalue weighted by Crippen LogP contribution is 2.26. The Morgan fingerprint density at radius 1 is 1.20 bits per heavy atom. The van der Waals surface area contributed by atoms with Gasteiger partial charge in [0.2, 0.25) is 0 Å². The molecule has 114 valence electrons. The molecule has 0 N–H and O–H groups in total. The van der Waals surface area contributed by atoms with Crippen LogP contribution in [-0.4, -0.2) is 34.8 Å². The Bertz CT molecular complexity index is 304. The fourth-order valence-corrected chi connectivity index (χ4v) is 5.30. The molecule has 1 aliphatic heterocycles.